The molecule has 0 aliphatic heterocycles. The van der Waals surface area contributed by atoms with Gasteiger partial charge in [-0.3, -0.25) is 4.79 Å². The van der Waals surface area contributed by atoms with Crippen LogP contribution in [-0.2, 0) is 4.79 Å². The molecule has 2 N–H and O–H groups in total. The van der Waals surface area contributed by atoms with Crippen LogP contribution in [0.5, 0.6) is 5.75 Å². The van der Waals surface area contributed by atoms with Gasteiger partial charge in [0.2, 0.25) is 5.91 Å². The fraction of sp³-hybridized carbons (Fsp3) is 0.500. The first kappa shape index (κ1) is 17.3. The fourth-order valence-corrected chi connectivity index (χ4v) is 2.67. The Morgan fingerprint density at radius 3 is 2.60 bits per heavy atom. The molecular formula is C14H20BrClN2O2. The van der Waals surface area contributed by atoms with Crippen LogP contribution in [-0.4, -0.2) is 24.6 Å². The fourth-order valence-electron chi connectivity index (χ4n) is 1.75. The van der Waals surface area contributed by atoms with Gasteiger partial charge >= 0.3 is 0 Å². The van der Waals surface area contributed by atoms with Crippen molar-refractivity contribution in [2.45, 2.75) is 33.2 Å². The lowest BCUT2D eigenvalue weighted by molar-refractivity contribution is -0.121. The van der Waals surface area contributed by atoms with Crippen molar-refractivity contribution in [3.05, 3.63) is 21.6 Å². The van der Waals surface area contributed by atoms with Crippen molar-refractivity contribution in [3.8, 4) is 5.75 Å². The summed E-state index contributed by atoms with van der Waals surface area (Å²) in [4.78, 5) is 12.3. The second-order valence-corrected chi connectivity index (χ2v) is 6.10. The summed E-state index contributed by atoms with van der Waals surface area (Å²) in [5, 5.41) is 6.51. The lowest BCUT2D eigenvalue weighted by Gasteiger charge is -2.25. The van der Waals surface area contributed by atoms with Crippen LogP contribution >= 0.6 is 27.5 Å². The normalized spacial score (nSPS) is 11.3. The number of halogens is 2. The largest absolute Gasteiger partial charge is 0.491 e. The molecule has 0 radical (unpaired) electrons. The first-order valence-corrected chi connectivity index (χ1v) is 7.67. The number of anilines is 1. The van der Waals surface area contributed by atoms with Gasteiger partial charge in [-0.05, 0) is 55.4 Å². The average molecular weight is 364 g/mol. The Balaban J connectivity index is 3.05. The van der Waals surface area contributed by atoms with E-state index in [1.807, 2.05) is 27.7 Å². The number of carbonyl (C=O) groups is 1. The minimum Gasteiger partial charge on any atom is -0.491 e. The maximum Gasteiger partial charge on any atom is 0.244 e. The van der Waals surface area contributed by atoms with Gasteiger partial charge in [-0.15, -0.1) is 0 Å². The number of hydrogen-bond acceptors (Lipinski definition) is 3. The van der Waals surface area contributed by atoms with Crippen molar-refractivity contribution in [2.75, 3.05) is 18.5 Å². The van der Waals surface area contributed by atoms with Gasteiger partial charge < -0.3 is 15.4 Å². The van der Waals surface area contributed by atoms with E-state index in [9.17, 15) is 4.79 Å². The third-order valence-electron chi connectivity index (χ3n) is 2.73. The molecule has 0 spiro atoms. The van der Waals surface area contributed by atoms with E-state index in [1.165, 1.54) is 0 Å². The summed E-state index contributed by atoms with van der Waals surface area (Å²) in [6.07, 6.45) is 0. The third-order valence-corrected chi connectivity index (χ3v) is 3.54. The van der Waals surface area contributed by atoms with Crippen LogP contribution in [0.15, 0.2) is 16.6 Å². The van der Waals surface area contributed by atoms with Crippen molar-refractivity contribution in [1.29, 1.82) is 0 Å². The number of ether oxygens (including phenoxy) is 1. The molecule has 112 valence electrons. The van der Waals surface area contributed by atoms with Crippen molar-refractivity contribution >= 4 is 39.1 Å². The molecule has 0 saturated heterocycles. The Labute approximate surface area is 133 Å². The van der Waals surface area contributed by atoms with Crippen molar-refractivity contribution < 1.29 is 9.53 Å². The first-order valence-electron chi connectivity index (χ1n) is 6.50. The first-order chi connectivity index (χ1) is 9.31. The molecule has 0 aliphatic carbocycles. The molecule has 1 aromatic carbocycles. The van der Waals surface area contributed by atoms with E-state index in [-0.39, 0.29) is 5.91 Å². The molecule has 0 fully saturated rings. The molecule has 1 rings (SSSR count). The predicted octanol–water partition coefficient (Wildman–Crippen LogP) is 3.83. The van der Waals surface area contributed by atoms with Gasteiger partial charge in [0, 0.05) is 5.02 Å². The summed E-state index contributed by atoms with van der Waals surface area (Å²) >= 11 is 9.42. The SMILES string of the molecule is CCNC(C)(C)C(=O)Nc1cc(Cl)cc(Br)c1OCC. The van der Waals surface area contributed by atoms with Crippen LogP contribution in [0.25, 0.3) is 0 Å². The van der Waals surface area contributed by atoms with Gasteiger partial charge in [-0.1, -0.05) is 18.5 Å². The summed E-state index contributed by atoms with van der Waals surface area (Å²) < 4.78 is 6.27. The Hall–Kier alpha value is -0.780. The van der Waals surface area contributed by atoms with Crippen molar-refractivity contribution in [2.24, 2.45) is 0 Å². The number of rotatable bonds is 6. The van der Waals surface area contributed by atoms with Crippen LogP contribution in [0, 0.1) is 0 Å². The predicted molar refractivity (Wildman–Crippen MR) is 86.7 cm³/mol. The van der Waals surface area contributed by atoms with E-state index in [2.05, 4.69) is 26.6 Å². The number of hydrogen-bond donors (Lipinski definition) is 2. The van der Waals surface area contributed by atoms with Gasteiger partial charge in [0.15, 0.2) is 5.75 Å². The summed E-state index contributed by atoms with van der Waals surface area (Å²) in [6.45, 7) is 8.70. The lowest BCUT2D eigenvalue weighted by atomic mass is 10.0. The van der Waals surface area contributed by atoms with Gasteiger partial charge in [-0.25, -0.2) is 0 Å². The minimum absolute atomic E-state index is 0.144. The number of nitrogens with one attached hydrogen (secondary N) is 2. The number of likely N-dealkylation sites (N-methyl/N-ethyl adjacent to an activating group) is 1. The molecule has 1 amide bonds. The summed E-state index contributed by atoms with van der Waals surface area (Å²) in [7, 11) is 0. The Morgan fingerprint density at radius 1 is 1.40 bits per heavy atom. The molecular weight excluding hydrogens is 344 g/mol. The maximum absolute atomic E-state index is 12.3. The number of carbonyl (C=O) groups excluding carboxylic acids is 1. The van der Waals surface area contributed by atoms with Gasteiger partial charge in [0.25, 0.3) is 0 Å². The smallest absolute Gasteiger partial charge is 0.244 e. The molecule has 0 heterocycles. The summed E-state index contributed by atoms with van der Waals surface area (Å²) in [5.41, 5.74) is -0.116. The monoisotopic (exact) mass is 362 g/mol. The molecule has 0 atom stereocenters. The average Bonchev–Trinajstić information content (AvgIpc) is 2.33. The zero-order valence-corrected chi connectivity index (χ0v) is 14.5. The van der Waals surface area contributed by atoms with Crippen molar-refractivity contribution in [3.63, 3.8) is 0 Å². The molecule has 0 aliphatic rings. The van der Waals surface area contributed by atoms with Gasteiger partial charge in [0.05, 0.1) is 22.3 Å². The van der Waals surface area contributed by atoms with E-state index in [0.29, 0.717) is 34.1 Å². The Bertz CT molecular complexity index is 492. The summed E-state index contributed by atoms with van der Waals surface area (Å²) in [5.74, 6) is 0.437. The highest BCUT2D eigenvalue weighted by molar-refractivity contribution is 9.10. The highest BCUT2D eigenvalue weighted by Crippen LogP contribution is 2.36. The highest BCUT2D eigenvalue weighted by Gasteiger charge is 2.27. The van der Waals surface area contributed by atoms with Crippen LogP contribution in [0.2, 0.25) is 5.02 Å². The minimum atomic E-state index is -0.674. The third kappa shape index (κ3) is 4.36. The molecule has 0 bridgehead atoms. The Morgan fingerprint density at radius 2 is 2.05 bits per heavy atom. The molecule has 0 saturated carbocycles. The topological polar surface area (TPSA) is 50.4 Å². The molecule has 1 aromatic rings. The van der Waals surface area contributed by atoms with Crippen LogP contribution in [0.4, 0.5) is 5.69 Å². The molecule has 6 heteroatoms. The second kappa shape index (κ2) is 7.29. The second-order valence-electron chi connectivity index (χ2n) is 4.81. The van der Waals surface area contributed by atoms with Gasteiger partial charge in [0.1, 0.15) is 0 Å². The maximum atomic E-state index is 12.3. The quantitative estimate of drug-likeness (QED) is 0.807. The van der Waals surface area contributed by atoms with E-state index in [0.717, 1.165) is 0 Å². The van der Waals surface area contributed by atoms with Gasteiger partial charge in [-0.2, -0.15) is 0 Å². The number of benzene rings is 1. The van der Waals surface area contributed by atoms with E-state index >= 15 is 0 Å². The van der Waals surface area contributed by atoms with Crippen LogP contribution in [0.1, 0.15) is 27.7 Å². The molecule has 0 unspecified atom stereocenters. The van der Waals surface area contributed by atoms with Crippen LogP contribution < -0.4 is 15.4 Å². The van der Waals surface area contributed by atoms with Crippen molar-refractivity contribution in [1.82, 2.24) is 5.32 Å². The van der Waals surface area contributed by atoms with E-state index < -0.39 is 5.54 Å². The molecule has 20 heavy (non-hydrogen) atoms. The zero-order chi connectivity index (χ0) is 15.3. The van der Waals surface area contributed by atoms with Crippen LogP contribution in [0.3, 0.4) is 0 Å². The summed E-state index contributed by atoms with van der Waals surface area (Å²) in [6, 6.07) is 3.41. The Kier molecular flexibility index (Phi) is 6.30. The standard InChI is InChI=1S/C14H20BrClN2O2/c1-5-17-14(3,4)13(19)18-11-8-9(16)7-10(15)12(11)20-6-2/h7-8,17H,5-6H2,1-4H3,(H,18,19). The van der Waals surface area contributed by atoms with E-state index in [1.54, 1.807) is 12.1 Å². The lowest BCUT2D eigenvalue weighted by Crippen LogP contribution is -2.49. The highest BCUT2D eigenvalue weighted by atomic mass is 79.9. The zero-order valence-electron chi connectivity index (χ0n) is 12.1. The van der Waals surface area contributed by atoms with E-state index in [4.69, 9.17) is 16.3 Å². The molecule has 4 nitrogen and oxygen atoms in total. The molecule has 0 aromatic heterocycles. The number of amides is 1.